The molecule has 36 heavy (non-hydrogen) atoms. The Labute approximate surface area is 204 Å². The summed E-state index contributed by atoms with van der Waals surface area (Å²) in [6.45, 7) is 2.06. The number of aromatic nitrogens is 3. The molecule has 0 bridgehead atoms. The van der Waals surface area contributed by atoms with E-state index < -0.39 is 23.8 Å². The van der Waals surface area contributed by atoms with Crippen LogP contribution < -0.4 is 16.4 Å². The average molecular weight is 487 g/mol. The SMILES string of the molecule is Cc1ccc(NC(=O)c2cn(-c3ccc4c(c3)C(=O)N(C3CCC(=O)NC3=O)C4)nn2)c(C(N)=O)c1. The molecule has 182 valence electrons. The van der Waals surface area contributed by atoms with Gasteiger partial charge in [-0.3, -0.25) is 29.3 Å². The van der Waals surface area contributed by atoms with Gasteiger partial charge in [-0.15, -0.1) is 5.10 Å². The van der Waals surface area contributed by atoms with Gasteiger partial charge in [-0.25, -0.2) is 4.68 Å². The fraction of sp³-hybridized carbons (Fsp3) is 0.208. The zero-order valence-electron chi connectivity index (χ0n) is 19.1. The Bertz CT molecular complexity index is 1460. The quantitative estimate of drug-likeness (QED) is 0.445. The largest absolute Gasteiger partial charge is 0.366 e. The molecule has 0 aliphatic carbocycles. The molecule has 12 heteroatoms. The molecule has 3 heterocycles. The second-order valence-electron chi connectivity index (χ2n) is 8.66. The Kier molecular flexibility index (Phi) is 5.55. The van der Waals surface area contributed by atoms with Gasteiger partial charge < -0.3 is 16.0 Å². The van der Waals surface area contributed by atoms with E-state index >= 15 is 0 Å². The molecule has 1 unspecified atom stereocenters. The highest BCUT2D eigenvalue weighted by Gasteiger charge is 2.39. The van der Waals surface area contributed by atoms with Gasteiger partial charge in [0, 0.05) is 18.5 Å². The summed E-state index contributed by atoms with van der Waals surface area (Å²) in [6, 6.07) is 9.28. The Morgan fingerprint density at radius 1 is 1.14 bits per heavy atom. The number of carbonyl (C=O) groups is 5. The lowest BCUT2D eigenvalue weighted by molar-refractivity contribution is -0.136. The molecule has 0 spiro atoms. The molecule has 2 aliphatic rings. The van der Waals surface area contributed by atoms with Crippen molar-refractivity contribution in [2.45, 2.75) is 32.4 Å². The van der Waals surface area contributed by atoms with E-state index in [0.29, 0.717) is 11.3 Å². The Morgan fingerprint density at radius 2 is 1.94 bits per heavy atom. The molecule has 0 saturated carbocycles. The molecule has 2 aliphatic heterocycles. The second kappa shape index (κ2) is 8.73. The zero-order chi connectivity index (χ0) is 25.6. The van der Waals surface area contributed by atoms with Gasteiger partial charge in [0.05, 0.1) is 23.1 Å². The van der Waals surface area contributed by atoms with Gasteiger partial charge in [-0.1, -0.05) is 22.9 Å². The maximum absolute atomic E-state index is 13.0. The molecule has 3 aromatic rings. The second-order valence-corrected chi connectivity index (χ2v) is 8.66. The summed E-state index contributed by atoms with van der Waals surface area (Å²) >= 11 is 0. The topological polar surface area (TPSA) is 169 Å². The highest BCUT2D eigenvalue weighted by molar-refractivity contribution is 6.08. The maximum atomic E-state index is 13.0. The molecule has 1 saturated heterocycles. The van der Waals surface area contributed by atoms with Gasteiger partial charge in [0.2, 0.25) is 11.8 Å². The number of carbonyl (C=O) groups excluding carboxylic acids is 5. The van der Waals surface area contributed by atoms with E-state index in [-0.39, 0.29) is 48.1 Å². The normalized spacial score (nSPS) is 17.1. The molecule has 4 N–H and O–H groups in total. The van der Waals surface area contributed by atoms with Gasteiger partial charge in [0.15, 0.2) is 5.69 Å². The van der Waals surface area contributed by atoms with E-state index in [0.717, 1.165) is 11.1 Å². The number of nitrogens with zero attached hydrogens (tertiary/aromatic N) is 4. The standard InChI is InChI=1S/C24H21N7O5/c1-12-2-5-17(16(8-12)21(25)33)26-22(34)18-11-31(29-28-18)14-4-3-13-10-30(24(36)15(13)9-14)19-6-7-20(32)27-23(19)35/h2-5,8-9,11,19H,6-7,10H2,1H3,(H2,25,33)(H,26,34)(H,27,32,35). The van der Waals surface area contributed by atoms with Crippen molar-refractivity contribution < 1.29 is 24.0 Å². The number of nitrogens with one attached hydrogen (secondary N) is 2. The van der Waals surface area contributed by atoms with Crippen molar-refractivity contribution in [3.8, 4) is 5.69 Å². The smallest absolute Gasteiger partial charge is 0.277 e. The van der Waals surface area contributed by atoms with E-state index in [2.05, 4.69) is 20.9 Å². The fourth-order valence-corrected chi connectivity index (χ4v) is 4.34. The maximum Gasteiger partial charge on any atom is 0.277 e. The van der Waals surface area contributed by atoms with Crippen molar-refractivity contribution in [3.05, 3.63) is 70.5 Å². The molecule has 5 amide bonds. The summed E-state index contributed by atoms with van der Waals surface area (Å²) in [5, 5.41) is 12.8. The van der Waals surface area contributed by atoms with Crippen LogP contribution >= 0.6 is 0 Å². The van der Waals surface area contributed by atoms with E-state index in [1.54, 1.807) is 43.3 Å². The van der Waals surface area contributed by atoms with Crippen LogP contribution in [0.15, 0.2) is 42.6 Å². The van der Waals surface area contributed by atoms with Crippen molar-refractivity contribution in [1.29, 1.82) is 0 Å². The lowest BCUT2D eigenvalue weighted by Gasteiger charge is -2.29. The third-order valence-corrected chi connectivity index (χ3v) is 6.19. The van der Waals surface area contributed by atoms with Crippen LogP contribution in [0.25, 0.3) is 5.69 Å². The molecule has 0 radical (unpaired) electrons. The molecule has 12 nitrogen and oxygen atoms in total. The van der Waals surface area contributed by atoms with Crippen molar-refractivity contribution in [2.75, 3.05) is 5.32 Å². The number of anilines is 1. The first kappa shape index (κ1) is 22.9. The Hall–Kier alpha value is -4.87. The van der Waals surface area contributed by atoms with Crippen LogP contribution in [0.4, 0.5) is 5.69 Å². The van der Waals surface area contributed by atoms with Crippen LogP contribution in [0.3, 0.4) is 0 Å². The first-order valence-electron chi connectivity index (χ1n) is 11.1. The number of piperidine rings is 1. The van der Waals surface area contributed by atoms with Crippen molar-refractivity contribution in [2.24, 2.45) is 5.73 Å². The van der Waals surface area contributed by atoms with Crippen LogP contribution in [0.5, 0.6) is 0 Å². The molecular formula is C24H21N7O5. The number of rotatable bonds is 5. The monoisotopic (exact) mass is 487 g/mol. The van der Waals surface area contributed by atoms with Crippen LogP contribution in [0.1, 0.15) is 55.2 Å². The summed E-state index contributed by atoms with van der Waals surface area (Å²) in [4.78, 5) is 62.6. The molecule has 1 aromatic heterocycles. The van der Waals surface area contributed by atoms with E-state index in [4.69, 9.17) is 5.73 Å². The number of hydrogen-bond donors (Lipinski definition) is 3. The number of fused-ring (bicyclic) bond motifs is 1. The predicted octanol–water partition coefficient (Wildman–Crippen LogP) is 0.688. The summed E-state index contributed by atoms with van der Waals surface area (Å²) in [7, 11) is 0. The summed E-state index contributed by atoms with van der Waals surface area (Å²) < 4.78 is 1.35. The number of hydrogen-bond acceptors (Lipinski definition) is 7. The molecule has 5 rings (SSSR count). The minimum absolute atomic E-state index is 0.0111. The van der Waals surface area contributed by atoms with Gasteiger partial charge in [-0.05, 0) is 43.2 Å². The average Bonchev–Trinajstić information content (AvgIpc) is 3.45. The van der Waals surface area contributed by atoms with Crippen molar-refractivity contribution >= 4 is 35.2 Å². The lowest BCUT2D eigenvalue weighted by Crippen LogP contribution is -2.52. The first-order chi connectivity index (χ1) is 17.2. The summed E-state index contributed by atoms with van der Waals surface area (Å²) in [6.07, 6.45) is 1.85. The number of imide groups is 1. The van der Waals surface area contributed by atoms with Gasteiger partial charge in [0.1, 0.15) is 6.04 Å². The summed E-state index contributed by atoms with van der Waals surface area (Å²) in [5.74, 6) is -2.41. The van der Waals surface area contributed by atoms with E-state index in [9.17, 15) is 24.0 Å². The van der Waals surface area contributed by atoms with Gasteiger partial charge in [0.25, 0.3) is 17.7 Å². The number of benzene rings is 2. The molecule has 1 atom stereocenters. The number of aryl methyl sites for hydroxylation is 1. The Balaban J connectivity index is 1.34. The highest BCUT2D eigenvalue weighted by atomic mass is 16.2. The minimum atomic E-state index is -0.709. The Morgan fingerprint density at radius 3 is 2.69 bits per heavy atom. The summed E-state index contributed by atoms with van der Waals surface area (Å²) in [5.41, 5.74) is 8.29. The fourth-order valence-electron chi connectivity index (χ4n) is 4.34. The van der Waals surface area contributed by atoms with Crippen LogP contribution in [-0.4, -0.2) is 55.5 Å². The highest BCUT2D eigenvalue weighted by Crippen LogP contribution is 2.29. The van der Waals surface area contributed by atoms with Crippen LogP contribution in [-0.2, 0) is 16.1 Å². The third kappa shape index (κ3) is 4.08. The first-order valence-corrected chi connectivity index (χ1v) is 11.1. The van der Waals surface area contributed by atoms with E-state index in [1.807, 2.05) is 0 Å². The lowest BCUT2D eigenvalue weighted by atomic mass is 10.0. The molecular weight excluding hydrogens is 466 g/mol. The number of primary amides is 1. The van der Waals surface area contributed by atoms with Gasteiger partial charge >= 0.3 is 0 Å². The third-order valence-electron chi connectivity index (χ3n) is 6.19. The van der Waals surface area contributed by atoms with Crippen LogP contribution in [0, 0.1) is 6.92 Å². The van der Waals surface area contributed by atoms with E-state index in [1.165, 1.54) is 15.8 Å². The van der Waals surface area contributed by atoms with Crippen LogP contribution in [0.2, 0.25) is 0 Å². The van der Waals surface area contributed by atoms with Crippen molar-refractivity contribution in [1.82, 2.24) is 25.2 Å². The molecule has 1 fully saturated rings. The van der Waals surface area contributed by atoms with Crippen molar-refractivity contribution in [3.63, 3.8) is 0 Å². The molecule has 2 aromatic carbocycles. The minimum Gasteiger partial charge on any atom is -0.366 e. The number of amides is 5. The predicted molar refractivity (Wildman–Crippen MR) is 125 cm³/mol. The number of nitrogens with two attached hydrogens (primary N) is 1. The van der Waals surface area contributed by atoms with Gasteiger partial charge in [-0.2, -0.15) is 0 Å². The zero-order valence-corrected chi connectivity index (χ0v) is 19.1.